The first-order chi connectivity index (χ1) is 9.49. The van der Waals surface area contributed by atoms with E-state index in [1.54, 1.807) is 30.3 Å². The van der Waals surface area contributed by atoms with Crippen LogP contribution >= 0.6 is 0 Å². The predicted molar refractivity (Wildman–Crippen MR) is 71.3 cm³/mol. The van der Waals surface area contributed by atoms with Crippen molar-refractivity contribution in [3.63, 3.8) is 0 Å². The number of hydrogen-bond acceptors (Lipinski definition) is 5. The Morgan fingerprint density at radius 3 is 2.15 bits per heavy atom. The Kier molecular flexibility index (Phi) is 4.16. The molecule has 0 aliphatic carbocycles. The maximum atomic E-state index is 11.8. The maximum Gasteiger partial charge on any atom is 0.374 e. The molecule has 0 unspecified atom stereocenters. The molecule has 0 saturated heterocycles. The predicted octanol–water partition coefficient (Wildman–Crippen LogP) is 2.47. The summed E-state index contributed by atoms with van der Waals surface area (Å²) in [6.45, 7) is 1.83. The number of aryl methyl sites for hydroxylation is 1. The molecule has 0 aliphatic heterocycles. The molecule has 2 aromatic rings. The molecule has 0 heterocycles. The fourth-order valence-corrected chi connectivity index (χ4v) is 2.14. The molecule has 20 heavy (non-hydrogen) atoms. The molecule has 0 fully saturated rings. The fourth-order valence-electron chi connectivity index (χ4n) is 1.44. The third-order valence-corrected chi connectivity index (χ3v) is 3.62. The minimum Gasteiger partial charge on any atom is -0.276 e. The Balaban J connectivity index is 2.06. The van der Waals surface area contributed by atoms with E-state index in [-0.39, 0.29) is 10.5 Å². The molecule has 2 aromatic carbocycles. The van der Waals surface area contributed by atoms with Gasteiger partial charge in [0.1, 0.15) is 0 Å². The molecule has 0 N–H and O–H groups in total. The summed E-state index contributed by atoms with van der Waals surface area (Å²) in [4.78, 5) is 15.8. The molecule has 0 bridgehead atoms. The van der Waals surface area contributed by atoms with Crippen LogP contribution in [0.4, 0.5) is 0 Å². The van der Waals surface area contributed by atoms with Gasteiger partial charge in [-0.3, -0.25) is 4.89 Å². The van der Waals surface area contributed by atoms with E-state index in [1.807, 2.05) is 6.92 Å². The van der Waals surface area contributed by atoms with Crippen molar-refractivity contribution in [3.8, 4) is 0 Å². The molecule has 0 aromatic heterocycles. The summed E-state index contributed by atoms with van der Waals surface area (Å²) in [5, 5.41) is 0. The minimum absolute atomic E-state index is 0.0797. The fraction of sp³-hybridized carbons (Fsp3) is 0.0714. The van der Waals surface area contributed by atoms with Gasteiger partial charge in [0, 0.05) is 0 Å². The van der Waals surface area contributed by atoms with E-state index in [1.165, 1.54) is 24.3 Å². The van der Waals surface area contributed by atoms with Gasteiger partial charge < -0.3 is 0 Å². The average Bonchev–Trinajstić information content (AvgIpc) is 2.46. The number of rotatable bonds is 4. The van der Waals surface area contributed by atoms with Crippen LogP contribution in [0.15, 0.2) is 59.5 Å². The van der Waals surface area contributed by atoms with Crippen LogP contribution in [0.25, 0.3) is 0 Å². The summed E-state index contributed by atoms with van der Waals surface area (Å²) in [5.41, 5.74) is 1.11. The van der Waals surface area contributed by atoms with Crippen LogP contribution in [0.5, 0.6) is 0 Å². The molecule has 0 saturated carbocycles. The van der Waals surface area contributed by atoms with E-state index in [0.717, 1.165) is 5.56 Å². The summed E-state index contributed by atoms with van der Waals surface area (Å²) < 4.78 is 27.9. The summed E-state index contributed by atoms with van der Waals surface area (Å²) in [6, 6.07) is 14.0. The van der Waals surface area contributed by atoms with Crippen LogP contribution in [-0.2, 0) is 19.3 Å². The number of hydrogen-bond donors (Lipinski definition) is 0. The number of carbonyl (C=O) groups excluding carboxylic acids is 1. The lowest BCUT2D eigenvalue weighted by atomic mass is 10.2. The van der Waals surface area contributed by atoms with Gasteiger partial charge in [0.15, 0.2) is 0 Å². The topological polar surface area (TPSA) is 69.7 Å². The third-order valence-electron chi connectivity index (χ3n) is 2.52. The molecule has 6 heteroatoms. The molecule has 0 aliphatic rings. The van der Waals surface area contributed by atoms with Gasteiger partial charge >= 0.3 is 16.1 Å². The van der Waals surface area contributed by atoms with Gasteiger partial charge in [0.2, 0.25) is 0 Å². The molecular weight excluding hydrogens is 280 g/mol. The van der Waals surface area contributed by atoms with Gasteiger partial charge in [-0.15, -0.1) is 0 Å². The van der Waals surface area contributed by atoms with Crippen LogP contribution in [0.3, 0.4) is 0 Å². The number of benzene rings is 2. The van der Waals surface area contributed by atoms with Gasteiger partial charge in [-0.25, -0.2) is 4.79 Å². The molecule has 2 rings (SSSR count). The first kappa shape index (κ1) is 14.2. The highest BCUT2D eigenvalue weighted by Gasteiger charge is 2.19. The van der Waals surface area contributed by atoms with Crippen LogP contribution in [0.1, 0.15) is 15.9 Å². The lowest BCUT2D eigenvalue weighted by molar-refractivity contribution is -0.144. The molecule has 5 nitrogen and oxygen atoms in total. The van der Waals surface area contributed by atoms with E-state index in [2.05, 4.69) is 9.22 Å². The zero-order valence-corrected chi connectivity index (χ0v) is 11.5. The van der Waals surface area contributed by atoms with Crippen LogP contribution in [0.2, 0.25) is 0 Å². The summed E-state index contributed by atoms with van der Waals surface area (Å²) >= 11 is 0. The van der Waals surface area contributed by atoms with Crippen molar-refractivity contribution in [1.29, 1.82) is 0 Å². The first-order valence-electron chi connectivity index (χ1n) is 5.76. The first-order valence-corrected chi connectivity index (χ1v) is 7.17. The molecular formula is C14H12O5S. The summed E-state index contributed by atoms with van der Waals surface area (Å²) in [7, 11) is -4.12. The monoisotopic (exact) mass is 292 g/mol. The zero-order valence-electron chi connectivity index (χ0n) is 10.6. The number of carbonyl (C=O) groups is 1. The second-order valence-corrected chi connectivity index (χ2v) is 5.59. The molecule has 0 amide bonds. The van der Waals surface area contributed by atoms with E-state index in [4.69, 9.17) is 0 Å². The molecule has 0 spiro atoms. The van der Waals surface area contributed by atoms with E-state index in [0.29, 0.717) is 0 Å². The van der Waals surface area contributed by atoms with E-state index >= 15 is 0 Å². The second-order valence-electron chi connectivity index (χ2n) is 4.07. The smallest absolute Gasteiger partial charge is 0.276 e. The quantitative estimate of drug-likeness (QED) is 0.639. The van der Waals surface area contributed by atoms with Crippen molar-refractivity contribution in [1.82, 2.24) is 0 Å². The minimum atomic E-state index is -4.12. The Bertz CT molecular complexity index is 690. The molecule has 0 atom stereocenters. The van der Waals surface area contributed by atoms with Gasteiger partial charge in [-0.05, 0) is 35.5 Å². The van der Waals surface area contributed by atoms with Crippen molar-refractivity contribution >= 4 is 16.1 Å². The van der Waals surface area contributed by atoms with Crippen molar-refractivity contribution in [2.24, 2.45) is 0 Å². The summed E-state index contributed by atoms with van der Waals surface area (Å²) in [5.74, 6) is -0.874. The Morgan fingerprint density at radius 1 is 0.950 bits per heavy atom. The Morgan fingerprint density at radius 2 is 1.55 bits per heavy atom. The molecule has 104 valence electrons. The molecule has 0 radical (unpaired) electrons. The highest BCUT2D eigenvalue weighted by Crippen LogP contribution is 2.14. The van der Waals surface area contributed by atoms with E-state index in [9.17, 15) is 13.2 Å². The van der Waals surface area contributed by atoms with Crippen molar-refractivity contribution < 1.29 is 22.4 Å². The van der Waals surface area contributed by atoms with Gasteiger partial charge in [-0.1, -0.05) is 35.9 Å². The second kappa shape index (κ2) is 5.85. The average molecular weight is 292 g/mol. The lowest BCUT2D eigenvalue weighted by Crippen LogP contribution is -2.12. The van der Waals surface area contributed by atoms with Crippen LogP contribution < -0.4 is 0 Å². The maximum absolute atomic E-state index is 11.8. The Hall–Kier alpha value is -2.18. The highest BCUT2D eigenvalue weighted by atomic mass is 32.2. The Labute approximate surface area is 116 Å². The standard InChI is InChI=1S/C14H12O5S/c1-11-7-9-13(10-8-11)20(16,17)19-18-14(15)12-5-3-2-4-6-12/h2-10H,1H3. The largest absolute Gasteiger partial charge is 0.374 e. The zero-order chi connectivity index (χ0) is 14.6. The third kappa shape index (κ3) is 3.43. The normalized spacial score (nSPS) is 11.1. The SMILES string of the molecule is Cc1ccc(S(=O)(=O)OOC(=O)c2ccccc2)cc1. The van der Waals surface area contributed by atoms with Crippen molar-refractivity contribution in [2.75, 3.05) is 0 Å². The van der Waals surface area contributed by atoms with Crippen molar-refractivity contribution in [3.05, 3.63) is 65.7 Å². The van der Waals surface area contributed by atoms with Gasteiger partial charge in [0.05, 0.1) is 10.5 Å². The lowest BCUT2D eigenvalue weighted by Gasteiger charge is -2.04. The van der Waals surface area contributed by atoms with Crippen LogP contribution in [-0.4, -0.2) is 14.4 Å². The van der Waals surface area contributed by atoms with Crippen molar-refractivity contribution in [2.45, 2.75) is 11.8 Å². The highest BCUT2D eigenvalue weighted by molar-refractivity contribution is 7.86. The van der Waals surface area contributed by atoms with Gasteiger partial charge in [-0.2, -0.15) is 8.42 Å². The van der Waals surface area contributed by atoms with Crippen LogP contribution in [0, 0.1) is 6.92 Å². The summed E-state index contributed by atoms with van der Waals surface area (Å²) in [6.07, 6.45) is 0. The van der Waals surface area contributed by atoms with E-state index < -0.39 is 16.1 Å². The van der Waals surface area contributed by atoms with Gasteiger partial charge in [0.25, 0.3) is 0 Å².